The van der Waals surface area contributed by atoms with Gasteiger partial charge in [-0.25, -0.2) is 0 Å². The van der Waals surface area contributed by atoms with E-state index in [1.807, 2.05) is 18.2 Å². The highest BCUT2D eigenvalue weighted by Gasteiger charge is 2.37. The highest BCUT2D eigenvalue weighted by Crippen LogP contribution is 2.37. The first-order valence-corrected chi connectivity index (χ1v) is 9.66. The molecule has 0 radical (unpaired) electrons. The minimum absolute atomic E-state index is 0.199. The van der Waals surface area contributed by atoms with Crippen LogP contribution in [0.5, 0.6) is 0 Å². The number of nitrogens with one attached hydrogen (secondary N) is 1. The number of fused-ring (bicyclic) bond motifs is 1. The molecular formula is C15H21N3OSi. The minimum atomic E-state index is -1.75. The summed E-state index contributed by atoms with van der Waals surface area (Å²) in [5.74, 6) is 0. The van der Waals surface area contributed by atoms with Gasteiger partial charge in [-0.3, -0.25) is 5.10 Å². The highest BCUT2D eigenvalue weighted by molar-refractivity contribution is 6.74. The van der Waals surface area contributed by atoms with Crippen molar-refractivity contribution in [3.05, 3.63) is 29.5 Å². The fourth-order valence-electron chi connectivity index (χ4n) is 1.72. The van der Waals surface area contributed by atoms with Crippen LogP contribution in [-0.2, 0) is 11.0 Å². The average Bonchev–Trinajstić information content (AvgIpc) is 2.77. The van der Waals surface area contributed by atoms with Crippen molar-refractivity contribution in [2.45, 2.75) is 45.5 Å². The molecule has 0 fully saturated rings. The smallest absolute Gasteiger partial charge is 0.192 e. The van der Waals surface area contributed by atoms with E-state index in [9.17, 15) is 0 Å². The van der Waals surface area contributed by atoms with Crippen LogP contribution in [0.25, 0.3) is 10.9 Å². The Morgan fingerprint density at radius 3 is 2.65 bits per heavy atom. The molecule has 0 amide bonds. The van der Waals surface area contributed by atoms with Crippen molar-refractivity contribution >= 4 is 19.2 Å². The molecule has 4 nitrogen and oxygen atoms in total. The van der Waals surface area contributed by atoms with Gasteiger partial charge in [0.25, 0.3) is 0 Å². The van der Waals surface area contributed by atoms with Crippen LogP contribution in [-0.4, -0.2) is 18.5 Å². The van der Waals surface area contributed by atoms with Crippen LogP contribution in [0.2, 0.25) is 18.1 Å². The molecule has 2 rings (SSSR count). The molecule has 0 spiro atoms. The fraction of sp³-hybridized carbons (Fsp3) is 0.467. The molecule has 5 heteroatoms. The predicted octanol–water partition coefficient (Wildman–Crippen LogP) is 3.96. The molecule has 0 unspecified atom stereocenters. The van der Waals surface area contributed by atoms with Crippen LogP contribution in [0.3, 0.4) is 0 Å². The molecule has 106 valence electrons. The van der Waals surface area contributed by atoms with Crippen molar-refractivity contribution < 1.29 is 4.43 Å². The zero-order chi connectivity index (χ0) is 15.0. The molecule has 20 heavy (non-hydrogen) atoms. The number of nitrogens with zero attached hydrogens (tertiary/aromatic N) is 2. The second kappa shape index (κ2) is 5.04. The van der Waals surface area contributed by atoms with E-state index < -0.39 is 8.32 Å². The van der Waals surface area contributed by atoms with Gasteiger partial charge in [-0.2, -0.15) is 10.4 Å². The number of hydrogen-bond acceptors (Lipinski definition) is 3. The molecule has 1 heterocycles. The number of benzene rings is 1. The first kappa shape index (κ1) is 14.8. The Morgan fingerprint density at radius 1 is 1.35 bits per heavy atom. The summed E-state index contributed by atoms with van der Waals surface area (Å²) >= 11 is 0. The van der Waals surface area contributed by atoms with Crippen LogP contribution in [0, 0.1) is 11.3 Å². The maximum absolute atomic E-state index is 9.02. The molecule has 0 saturated heterocycles. The quantitative estimate of drug-likeness (QED) is 0.869. The lowest BCUT2D eigenvalue weighted by atomic mass is 10.1. The van der Waals surface area contributed by atoms with Gasteiger partial charge in [0.1, 0.15) is 6.07 Å². The summed E-state index contributed by atoms with van der Waals surface area (Å²) in [5, 5.41) is 16.9. The topological polar surface area (TPSA) is 61.7 Å². The van der Waals surface area contributed by atoms with E-state index in [1.54, 1.807) is 0 Å². The van der Waals surface area contributed by atoms with Gasteiger partial charge in [0.15, 0.2) is 14.0 Å². The molecule has 0 aliphatic rings. The van der Waals surface area contributed by atoms with Gasteiger partial charge in [0.05, 0.1) is 12.1 Å². The summed E-state index contributed by atoms with van der Waals surface area (Å²) in [6, 6.07) is 8.06. The van der Waals surface area contributed by atoms with Crippen LogP contribution in [0.4, 0.5) is 0 Å². The summed E-state index contributed by atoms with van der Waals surface area (Å²) in [6.07, 6.45) is 0. The van der Waals surface area contributed by atoms with E-state index in [1.165, 1.54) is 0 Å². The Bertz CT molecular complexity index is 662. The third kappa shape index (κ3) is 2.76. The Morgan fingerprint density at radius 2 is 2.05 bits per heavy atom. The summed E-state index contributed by atoms with van der Waals surface area (Å²) in [5.41, 5.74) is 2.41. The van der Waals surface area contributed by atoms with E-state index in [0.29, 0.717) is 12.3 Å². The lowest BCUT2D eigenvalue weighted by Gasteiger charge is -2.36. The van der Waals surface area contributed by atoms with Crippen molar-refractivity contribution in [1.29, 1.82) is 5.26 Å². The number of rotatable bonds is 3. The Kier molecular flexibility index (Phi) is 3.72. The van der Waals surface area contributed by atoms with Gasteiger partial charge in [0, 0.05) is 5.39 Å². The molecule has 2 aromatic rings. The molecule has 0 bridgehead atoms. The van der Waals surface area contributed by atoms with E-state index in [4.69, 9.17) is 9.69 Å². The van der Waals surface area contributed by atoms with Crippen molar-refractivity contribution in [3.63, 3.8) is 0 Å². The Labute approximate surface area is 120 Å². The third-order valence-corrected chi connectivity index (χ3v) is 8.62. The van der Waals surface area contributed by atoms with Gasteiger partial charge < -0.3 is 4.43 Å². The van der Waals surface area contributed by atoms with Crippen molar-refractivity contribution in [2.75, 3.05) is 0 Å². The maximum Gasteiger partial charge on any atom is 0.192 e. The normalized spacial score (nSPS) is 12.6. The first-order chi connectivity index (χ1) is 9.24. The molecule has 1 aromatic carbocycles. The molecule has 1 aromatic heterocycles. The number of nitriles is 1. The van der Waals surface area contributed by atoms with Gasteiger partial charge in [0.2, 0.25) is 0 Å². The van der Waals surface area contributed by atoms with Crippen molar-refractivity contribution in [1.82, 2.24) is 10.2 Å². The fourth-order valence-corrected chi connectivity index (χ4v) is 2.68. The zero-order valence-electron chi connectivity index (χ0n) is 12.7. The Balaban J connectivity index is 2.21. The maximum atomic E-state index is 9.02. The first-order valence-electron chi connectivity index (χ1n) is 6.76. The number of aromatic nitrogens is 2. The standard InChI is InChI=1S/C15H21N3OSi/c1-15(2,3)20(4,5)19-10-11-6-7-13-12(8-11)14(9-16)18-17-13/h6-8H,10H2,1-5H3,(H,17,18). The molecular weight excluding hydrogens is 266 g/mol. The average molecular weight is 287 g/mol. The second-order valence-electron chi connectivity index (χ2n) is 6.61. The Hall–Kier alpha value is -1.64. The summed E-state index contributed by atoms with van der Waals surface area (Å²) in [4.78, 5) is 0. The third-order valence-electron chi connectivity index (χ3n) is 4.14. The largest absolute Gasteiger partial charge is 0.413 e. The van der Waals surface area contributed by atoms with E-state index in [2.05, 4.69) is 50.1 Å². The van der Waals surface area contributed by atoms with Gasteiger partial charge >= 0.3 is 0 Å². The lowest BCUT2D eigenvalue weighted by Crippen LogP contribution is -2.40. The van der Waals surface area contributed by atoms with Crippen LogP contribution in [0.1, 0.15) is 32.0 Å². The zero-order valence-corrected chi connectivity index (χ0v) is 13.7. The molecule has 0 saturated carbocycles. The molecule has 0 aliphatic heterocycles. The van der Waals surface area contributed by atoms with E-state index >= 15 is 0 Å². The molecule has 0 atom stereocenters. The monoisotopic (exact) mass is 287 g/mol. The highest BCUT2D eigenvalue weighted by atomic mass is 28.4. The van der Waals surface area contributed by atoms with Crippen LogP contribution >= 0.6 is 0 Å². The van der Waals surface area contributed by atoms with E-state index in [-0.39, 0.29) is 5.04 Å². The predicted molar refractivity (Wildman–Crippen MR) is 82.8 cm³/mol. The van der Waals surface area contributed by atoms with Gasteiger partial charge in [-0.1, -0.05) is 26.8 Å². The summed E-state index contributed by atoms with van der Waals surface area (Å²) in [7, 11) is -1.75. The SMILES string of the molecule is CC(C)(C)[Si](C)(C)OCc1ccc2[nH]nc(C#N)c2c1. The van der Waals surface area contributed by atoms with Crippen molar-refractivity contribution in [2.24, 2.45) is 0 Å². The van der Waals surface area contributed by atoms with Gasteiger partial charge in [-0.15, -0.1) is 0 Å². The van der Waals surface area contributed by atoms with Crippen LogP contribution in [0.15, 0.2) is 18.2 Å². The number of hydrogen-bond donors (Lipinski definition) is 1. The van der Waals surface area contributed by atoms with Crippen LogP contribution < -0.4 is 0 Å². The summed E-state index contributed by atoms with van der Waals surface area (Å²) in [6.45, 7) is 11.8. The van der Waals surface area contributed by atoms with E-state index in [0.717, 1.165) is 16.5 Å². The molecule has 0 aliphatic carbocycles. The lowest BCUT2D eigenvalue weighted by molar-refractivity contribution is 0.276. The number of H-pyrrole nitrogens is 1. The second-order valence-corrected chi connectivity index (χ2v) is 11.4. The summed E-state index contributed by atoms with van der Waals surface area (Å²) < 4.78 is 6.20. The molecule has 1 N–H and O–H groups in total. The van der Waals surface area contributed by atoms with Gasteiger partial charge in [-0.05, 0) is 35.8 Å². The minimum Gasteiger partial charge on any atom is -0.413 e. The number of aromatic amines is 1. The van der Waals surface area contributed by atoms with Crippen molar-refractivity contribution in [3.8, 4) is 6.07 Å².